The minimum atomic E-state index is 0.0968. The molecule has 0 aliphatic rings. The molecule has 2 unspecified atom stereocenters. The molecule has 0 aromatic heterocycles. The lowest BCUT2D eigenvalue weighted by molar-refractivity contribution is -0.149. The first-order valence-electron chi connectivity index (χ1n) is 14.9. The molecule has 0 saturated carbocycles. The van der Waals surface area contributed by atoms with Crippen LogP contribution in [0, 0.1) is 11.8 Å². The van der Waals surface area contributed by atoms with Gasteiger partial charge < -0.3 is 4.74 Å². The summed E-state index contributed by atoms with van der Waals surface area (Å²) in [5.41, 5.74) is 0. The topological polar surface area (TPSA) is 26.3 Å². The fourth-order valence-corrected chi connectivity index (χ4v) is 4.77. The van der Waals surface area contributed by atoms with Crippen molar-refractivity contribution in [3.63, 3.8) is 0 Å². The number of hydrogen-bond donors (Lipinski definition) is 0. The van der Waals surface area contributed by atoms with Gasteiger partial charge in [-0.1, -0.05) is 150 Å². The number of unbranched alkanes of at least 4 members (excludes halogenated alkanes) is 15. The molecule has 0 saturated heterocycles. The van der Waals surface area contributed by atoms with Crippen molar-refractivity contribution in [2.24, 2.45) is 11.8 Å². The molecule has 0 spiro atoms. The van der Waals surface area contributed by atoms with Gasteiger partial charge in [0.05, 0.1) is 12.5 Å². The van der Waals surface area contributed by atoms with Gasteiger partial charge in [0.25, 0.3) is 0 Å². The zero-order chi connectivity index (χ0) is 23.7. The number of esters is 1. The maximum atomic E-state index is 12.8. The van der Waals surface area contributed by atoms with Crippen molar-refractivity contribution in [2.75, 3.05) is 6.61 Å². The maximum absolute atomic E-state index is 12.8. The van der Waals surface area contributed by atoms with E-state index in [-0.39, 0.29) is 11.9 Å². The molecule has 2 atom stereocenters. The molecule has 0 aromatic carbocycles. The molecular formula is C30H60O2. The molecule has 2 heteroatoms. The second kappa shape index (κ2) is 25.1. The van der Waals surface area contributed by atoms with Crippen LogP contribution in [0.1, 0.15) is 169 Å². The van der Waals surface area contributed by atoms with E-state index in [4.69, 9.17) is 4.74 Å². The van der Waals surface area contributed by atoms with Crippen molar-refractivity contribution in [2.45, 2.75) is 169 Å². The predicted octanol–water partition coefficient (Wildman–Crippen LogP) is 10.4. The highest BCUT2D eigenvalue weighted by molar-refractivity contribution is 5.72. The van der Waals surface area contributed by atoms with Crippen molar-refractivity contribution in [3.8, 4) is 0 Å². The molecule has 0 aliphatic heterocycles. The Kier molecular flexibility index (Phi) is 24.7. The fraction of sp³-hybridized carbons (Fsp3) is 0.967. The molecule has 32 heavy (non-hydrogen) atoms. The highest BCUT2D eigenvalue weighted by Gasteiger charge is 2.23. The molecule has 2 nitrogen and oxygen atoms in total. The first-order valence-corrected chi connectivity index (χ1v) is 14.9. The zero-order valence-corrected chi connectivity index (χ0v) is 22.7. The van der Waals surface area contributed by atoms with E-state index in [1.807, 2.05) is 0 Å². The van der Waals surface area contributed by atoms with Crippen LogP contribution in [0.15, 0.2) is 0 Å². The Bertz CT molecular complexity index is 379. The summed E-state index contributed by atoms with van der Waals surface area (Å²) in [7, 11) is 0. The van der Waals surface area contributed by atoms with Gasteiger partial charge in [-0.05, 0) is 25.2 Å². The second-order valence-corrected chi connectivity index (χ2v) is 10.3. The summed E-state index contributed by atoms with van der Waals surface area (Å²) in [5.74, 6) is 0.913. The molecule has 0 rings (SSSR count). The molecule has 0 heterocycles. The van der Waals surface area contributed by atoms with Gasteiger partial charge in [-0.3, -0.25) is 4.79 Å². The van der Waals surface area contributed by atoms with Crippen LogP contribution in [0.2, 0.25) is 0 Å². The van der Waals surface area contributed by atoms with E-state index in [0.29, 0.717) is 12.5 Å². The maximum Gasteiger partial charge on any atom is 0.308 e. The predicted molar refractivity (Wildman–Crippen MR) is 142 cm³/mol. The Balaban J connectivity index is 4.10. The van der Waals surface area contributed by atoms with Crippen LogP contribution in [0.4, 0.5) is 0 Å². The quantitative estimate of drug-likeness (QED) is 0.102. The zero-order valence-electron chi connectivity index (χ0n) is 22.7. The van der Waals surface area contributed by atoms with E-state index in [0.717, 1.165) is 19.3 Å². The van der Waals surface area contributed by atoms with E-state index in [9.17, 15) is 4.79 Å². The first-order chi connectivity index (χ1) is 15.7. The number of ether oxygens (including phenoxy) is 1. The van der Waals surface area contributed by atoms with Gasteiger partial charge >= 0.3 is 5.97 Å². The summed E-state index contributed by atoms with van der Waals surface area (Å²) in [6, 6.07) is 0. The second-order valence-electron chi connectivity index (χ2n) is 10.3. The van der Waals surface area contributed by atoms with E-state index in [1.165, 1.54) is 122 Å². The summed E-state index contributed by atoms with van der Waals surface area (Å²) < 4.78 is 5.72. The average Bonchev–Trinajstić information content (AvgIpc) is 2.80. The van der Waals surface area contributed by atoms with Crippen molar-refractivity contribution in [3.05, 3.63) is 0 Å². The summed E-state index contributed by atoms with van der Waals surface area (Å²) >= 11 is 0. The molecule has 0 aromatic rings. The van der Waals surface area contributed by atoms with E-state index < -0.39 is 0 Å². The minimum absolute atomic E-state index is 0.0968. The SMILES string of the molecule is CCCCCCCCCCCCCCC(CC(CC)CCCC)C(=O)OCCCCCC. The molecule has 0 amide bonds. The Labute approximate surface area is 203 Å². The van der Waals surface area contributed by atoms with Crippen molar-refractivity contribution < 1.29 is 9.53 Å². The fourth-order valence-electron chi connectivity index (χ4n) is 4.77. The molecule has 0 radical (unpaired) electrons. The third-order valence-electron chi connectivity index (χ3n) is 7.14. The third-order valence-corrected chi connectivity index (χ3v) is 7.14. The highest BCUT2D eigenvalue weighted by Crippen LogP contribution is 2.26. The Hall–Kier alpha value is -0.530. The van der Waals surface area contributed by atoms with Crippen LogP contribution in [-0.2, 0) is 9.53 Å². The Morgan fingerprint density at radius 3 is 1.53 bits per heavy atom. The van der Waals surface area contributed by atoms with Crippen LogP contribution in [0.3, 0.4) is 0 Å². The highest BCUT2D eigenvalue weighted by atomic mass is 16.5. The number of rotatable bonds is 25. The van der Waals surface area contributed by atoms with Gasteiger partial charge in [0.15, 0.2) is 0 Å². The lowest BCUT2D eigenvalue weighted by atomic mass is 9.86. The third kappa shape index (κ3) is 20.1. The number of carbonyl (C=O) groups excluding carboxylic acids is 1. The van der Waals surface area contributed by atoms with Crippen LogP contribution in [0.25, 0.3) is 0 Å². The molecule has 0 aliphatic carbocycles. The molecule has 0 bridgehead atoms. The van der Waals surface area contributed by atoms with Crippen molar-refractivity contribution >= 4 is 5.97 Å². The lowest BCUT2D eigenvalue weighted by Gasteiger charge is -2.22. The summed E-state index contributed by atoms with van der Waals surface area (Å²) in [4.78, 5) is 12.8. The molecule has 0 N–H and O–H groups in total. The summed E-state index contributed by atoms with van der Waals surface area (Å²) in [5, 5.41) is 0. The smallest absolute Gasteiger partial charge is 0.308 e. The van der Waals surface area contributed by atoms with Gasteiger partial charge in [-0.25, -0.2) is 0 Å². The molecule has 0 fully saturated rings. The van der Waals surface area contributed by atoms with Crippen molar-refractivity contribution in [1.82, 2.24) is 0 Å². The van der Waals surface area contributed by atoms with E-state index in [2.05, 4.69) is 27.7 Å². The normalized spacial score (nSPS) is 13.2. The number of carbonyl (C=O) groups is 1. The van der Waals surface area contributed by atoms with Gasteiger partial charge in [0.1, 0.15) is 0 Å². The van der Waals surface area contributed by atoms with Crippen LogP contribution >= 0.6 is 0 Å². The van der Waals surface area contributed by atoms with Crippen LogP contribution in [-0.4, -0.2) is 12.6 Å². The number of hydrogen-bond acceptors (Lipinski definition) is 2. The molecular weight excluding hydrogens is 392 g/mol. The van der Waals surface area contributed by atoms with Crippen LogP contribution < -0.4 is 0 Å². The van der Waals surface area contributed by atoms with Gasteiger partial charge in [-0.2, -0.15) is 0 Å². The Morgan fingerprint density at radius 2 is 1.03 bits per heavy atom. The van der Waals surface area contributed by atoms with Gasteiger partial charge in [0, 0.05) is 0 Å². The average molecular weight is 453 g/mol. The standard InChI is InChI=1S/C30H60O2/c1-5-9-12-14-15-16-17-18-19-20-21-22-25-29(27-28(8-4)24-11-7-3)30(31)32-26-23-13-10-6-2/h28-29H,5-27H2,1-4H3. The lowest BCUT2D eigenvalue weighted by Crippen LogP contribution is -2.21. The van der Waals surface area contributed by atoms with Crippen LogP contribution in [0.5, 0.6) is 0 Å². The summed E-state index contributed by atoms with van der Waals surface area (Å²) in [6.07, 6.45) is 28.2. The summed E-state index contributed by atoms with van der Waals surface area (Å²) in [6.45, 7) is 9.68. The largest absolute Gasteiger partial charge is 0.465 e. The minimum Gasteiger partial charge on any atom is -0.465 e. The van der Waals surface area contributed by atoms with Gasteiger partial charge in [-0.15, -0.1) is 0 Å². The molecule has 192 valence electrons. The van der Waals surface area contributed by atoms with E-state index >= 15 is 0 Å². The van der Waals surface area contributed by atoms with Crippen molar-refractivity contribution in [1.29, 1.82) is 0 Å². The van der Waals surface area contributed by atoms with E-state index in [1.54, 1.807) is 0 Å². The monoisotopic (exact) mass is 452 g/mol. The first kappa shape index (κ1) is 31.5. The Morgan fingerprint density at radius 1 is 0.562 bits per heavy atom. The van der Waals surface area contributed by atoms with Gasteiger partial charge in [0.2, 0.25) is 0 Å².